The molecular weight excluding hydrogens is 287 g/mol. The van der Waals surface area contributed by atoms with Crippen molar-refractivity contribution in [1.82, 2.24) is 20.5 Å². The molecule has 0 bridgehead atoms. The Morgan fingerprint density at radius 1 is 1.41 bits per heavy atom. The predicted octanol–water partition coefficient (Wildman–Crippen LogP) is 2.44. The van der Waals surface area contributed by atoms with Crippen molar-refractivity contribution in [3.05, 3.63) is 59.4 Å². The average Bonchev–Trinajstić information content (AvgIpc) is 3.17. The van der Waals surface area contributed by atoms with Gasteiger partial charge in [0.2, 0.25) is 5.82 Å². The summed E-state index contributed by atoms with van der Waals surface area (Å²) in [6.45, 7) is 1.90. The molecule has 0 aliphatic heterocycles. The molecule has 1 amide bonds. The zero-order chi connectivity index (χ0) is 15.5. The van der Waals surface area contributed by atoms with E-state index in [1.54, 1.807) is 25.1 Å². The van der Waals surface area contributed by atoms with Gasteiger partial charge in [-0.15, -0.1) is 5.10 Å². The van der Waals surface area contributed by atoms with Crippen LogP contribution < -0.4 is 5.32 Å². The number of furan rings is 1. The molecule has 0 fully saturated rings. The largest absolute Gasteiger partial charge is 0.461 e. The number of nitrogens with one attached hydrogen (secondary N) is 2. The predicted molar refractivity (Wildman–Crippen MR) is 76.4 cm³/mol. The van der Waals surface area contributed by atoms with Gasteiger partial charge in [-0.3, -0.25) is 9.89 Å². The van der Waals surface area contributed by atoms with Crippen molar-refractivity contribution in [2.24, 2.45) is 0 Å². The molecule has 2 N–H and O–H groups in total. The van der Waals surface area contributed by atoms with Crippen molar-refractivity contribution in [2.45, 2.75) is 13.5 Å². The molecule has 7 heteroatoms. The molecular formula is C15H13FN4O2. The van der Waals surface area contributed by atoms with Gasteiger partial charge < -0.3 is 9.73 Å². The van der Waals surface area contributed by atoms with Crippen molar-refractivity contribution in [2.75, 3.05) is 0 Å². The molecule has 3 rings (SSSR count). The van der Waals surface area contributed by atoms with Gasteiger partial charge in [-0.2, -0.15) is 0 Å². The third-order valence-corrected chi connectivity index (χ3v) is 3.06. The molecule has 6 nitrogen and oxygen atoms in total. The number of rotatable bonds is 4. The SMILES string of the molecule is Cc1ccc(F)c(C(=O)NCc2nc(-c3ccco3)n[nH]2)c1. The Labute approximate surface area is 125 Å². The number of H-pyrrole nitrogens is 1. The van der Waals surface area contributed by atoms with E-state index < -0.39 is 11.7 Å². The van der Waals surface area contributed by atoms with Crippen molar-refractivity contribution in [3.63, 3.8) is 0 Å². The molecule has 2 aromatic heterocycles. The van der Waals surface area contributed by atoms with Crippen LogP contribution in [0.2, 0.25) is 0 Å². The number of aryl methyl sites for hydroxylation is 1. The van der Waals surface area contributed by atoms with Crippen LogP contribution in [0.4, 0.5) is 4.39 Å². The molecule has 0 unspecified atom stereocenters. The van der Waals surface area contributed by atoms with E-state index in [9.17, 15) is 9.18 Å². The Bertz CT molecular complexity index is 796. The van der Waals surface area contributed by atoms with E-state index in [1.165, 1.54) is 18.4 Å². The van der Waals surface area contributed by atoms with Crippen molar-refractivity contribution in [1.29, 1.82) is 0 Å². The maximum atomic E-state index is 13.6. The number of carbonyl (C=O) groups is 1. The van der Waals surface area contributed by atoms with E-state index in [2.05, 4.69) is 20.5 Å². The van der Waals surface area contributed by atoms with E-state index in [1.807, 2.05) is 0 Å². The van der Waals surface area contributed by atoms with Crippen LogP contribution in [0.3, 0.4) is 0 Å². The monoisotopic (exact) mass is 300 g/mol. The number of benzene rings is 1. The van der Waals surface area contributed by atoms with Crippen molar-refractivity contribution >= 4 is 5.91 Å². The van der Waals surface area contributed by atoms with Crippen LogP contribution in [0.15, 0.2) is 41.0 Å². The summed E-state index contributed by atoms with van der Waals surface area (Å²) in [5.41, 5.74) is 0.817. The van der Waals surface area contributed by atoms with Crippen LogP contribution in [-0.2, 0) is 6.54 Å². The Kier molecular flexibility index (Phi) is 3.69. The standard InChI is InChI=1S/C15H13FN4O2/c1-9-4-5-11(16)10(7-9)15(21)17-8-13-18-14(20-19-13)12-3-2-6-22-12/h2-7H,8H2,1H3,(H,17,21)(H,18,19,20). The number of hydrogen-bond donors (Lipinski definition) is 2. The van der Waals surface area contributed by atoms with Gasteiger partial charge in [-0.25, -0.2) is 9.37 Å². The van der Waals surface area contributed by atoms with Crippen LogP contribution in [-0.4, -0.2) is 21.1 Å². The first kappa shape index (κ1) is 14.0. The van der Waals surface area contributed by atoms with E-state index in [-0.39, 0.29) is 12.1 Å². The minimum atomic E-state index is -0.558. The number of halogens is 1. The lowest BCUT2D eigenvalue weighted by molar-refractivity contribution is 0.0946. The Morgan fingerprint density at radius 3 is 3.05 bits per heavy atom. The second kappa shape index (κ2) is 5.80. The third-order valence-electron chi connectivity index (χ3n) is 3.06. The summed E-state index contributed by atoms with van der Waals surface area (Å²) < 4.78 is 18.8. The van der Waals surface area contributed by atoms with Gasteiger partial charge in [-0.05, 0) is 31.2 Å². The fraction of sp³-hybridized carbons (Fsp3) is 0.133. The molecule has 0 saturated heterocycles. The first-order valence-electron chi connectivity index (χ1n) is 6.63. The topological polar surface area (TPSA) is 83.8 Å². The zero-order valence-corrected chi connectivity index (χ0v) is 11.8. The molecule has 0 aliphatic carbocycles. The number of aromatic nitrogens is 3. The number of carbonyl (C=O) groups excluding carboxylic acids is 1. The molecule has 0 aliphatic rings. The fourth-order valence-electron chi connectivity index (χ4n) is 1.96. The highest BCUT2D eigenvalue weighted by atomic mass is 19.1. The smallest absolute Gasteiger partial charge is 0.254 e. The van der Waals surface area contributed by atoms with Crippen LogP contribution in [0.1, 0.15) is 21.7 Å². The van der Waals surface area contributed by atoms with E-state index in [0.29, 0.717) is 17.4 Å². The lowest BCUT2D eigenvalue weighted by Crippen LogP contribution is -2.24. The first-order valence-corrected chi connectivity index (χ1v) is 6.63. The summed E-state index contributed by atoms with van der Waals surface area (Å²) in [5.74, 6) is 0.316. The summed E-state index contributed by atoms with van der Waals surface area (Å²) in [6, 6.07) is 7.84. The van der Waals surface area contributed by atoms with Crippen LogP contribution >= 0.6 is 0 Å². The summed E-state index contributed by atoms with van der Waals surface area (Å²) in [4.78, 5) is 16.2. The third kappa shape index (κ3) is 2.88. The van der Waals surface area contributed by atoms with Gasteiger partial charge in [0.25, 0.3) is 5.91 Å². The first-order chi connectivity index (χ1) is 10.6. The highest BCUT2D eigenvalue weighted by molar-refractivity contribution is 5.94. The second-order valence-corrected chi connectivity index (χ2v) is 4.75. The highest BCUT2D eigenvalue weighted by Gasteiger charge is 2.13. The van der Waals surface area contributed by atoms with Crippen LogP contribution in [0.25, 0.3) is 11.6 Å². The quantitative estimate of drug-likeness (QED) is 0.775. The minimum Gasteiger partial charge on any atom is -0.461 e. The van der Waals surface area contributed by atoms with Gasteiger partial charge in [0.1, 0.15) is 11.6 Å². The van der Waals surface area contributed by atoms with Gasteiger partial charge in [0.15, 0.2) is 5.76 Å². The maximum Gasteiger partial charge on any atom is 0.254 e. The van der Waals surface area contributed by atoms with E-state index in [4.69, 9.17) is 4.42 Å². The van der Waals surface area contributed by atoms with Crippen molar-refractivity contribution < 1.29 is 13.6 Å². The molecule has 2 heterocycles. The molecule has 112 valence electrons. The van der Waals surface area contributed by atoms with Crippen LogP contribution in [0, 0.1) is 12.7 Å². The number of aromatic amines is 1. The fourth-order valence-corrected chi connectivity index (χ4v) is 1.96. The molecule has 0 saturated carbocycles. The summed E-state index contributed by atoms with van der Waals surface area (Å²) in [7, 11) is 0. The van der Waals surface area contributed by atoms with Gasteiger partial charge in [0.05, 0.1) is 18.4 Å². The lowest BCUT2D eigenvalue weighted by Gasteiger charge is -2.05. The summed E-state index contributed by atoms with van der Waals surface area (Å²) in [5, 5.41) is 9.28. The highest BCUT2D eigenvalue weighted by Crippen LogP contribution is 2.14. The molecule has 3 aromatic rings. The molecule has 0 atom stereocenters. The Hall–Kier alpha value is -2.96. The zero-order valence-electron chi connectivity index (χ0n) is 11.8. The average molecular weight is 300 g/mol. The number of nitrogens with zero attached hydrogens (tertiary/aromatic N) is 2. The van der Waals surface area contributed by atoms with Gasteiger partial charge >= 0.3 is 0 Å². The van der Waals surface area contributed by atoms with E-state index in [0.717, 1.165) is 5.56 Å². The molecule has 0 spiro atoms. The Balaban J connectivity index is 1.67. The molecule has 0 radical (unpaired) electrons. The van der Waals surface area contributed by atoms with E-state index >= 15 is 0 Å². The number of hydrogen-bond acceptors (Lipinski definition) is 4. The minimum absolute atomic E-state index is 0.00535. The molecule has 1 aromatic carbocycles. The summed E-state index contributed by atoms with van der Waals surface area (Å²) >= 11 is 0. The molecule has 22 heavy (non-hydrogen) atoms. The summed E-state index contributed by atoms with van der Waals surface area (Å²) in [6.07, 6.45) is 1.52. The second-order valence-electron chi connectivity index (χ2n) is 4.75. The Morgan fingerprint density at radius 2 is 2.27 bits per heavy atom. The van der Waals surface area contributed by atoms with Crippen molar-refractivity contribution in [3.8, 4) is 11.6 Å². The lowest BCUT2D eigenvalue weighted by atomic mass is 10.1. The number of amides is 1. The van der Waals surface area contributed by atoms with Crippen LogP contribution in [0.5, 0.6) is 0 Å². The van der Waals surface area contributed by atoms with Gasteiger partial charge in [0, 0.05) is 0 Å². The van der Waals surface area contributed by atoms with Gasteiger partial charge in [-0.1, -0.05) is 11.6 Å². The maximum absolute atomic E-state index is 13.6. The normalized spacial score (nSPS) is 10.6.